The fourth-order valence-electron chi connectivity index (χ4n) is 4.55. The van der Waals surface area contributed by atoms with Crippen LogP contribution < -0.4 is 14.6 Å². The molecule has 0 N–H and O–H groups in total. The van der Waals surface area contributed by atoms with Gasteiger partial charge in [0.1, 0.15) is 22.0 Å². The zero-order chi connectivity index (χ0) is 24.9. The van der Waals surface area contributed by atoms with Gasteiger partial charge in [-0.15, -0.1) is 0 Å². The van der Waals surface area contributed by atoms with Crippen molar-refractivity contribution in [1.29, 1.82) is 0 Å². The standard InChI is InChI=1S/C25H24N4O5S/c1-15-13-19-7-5-6-8-21(19)29(15)35(31,32)23-14-18(9-11-22(23)33-4)20-10-12-24(30)28(26-20)25-16(2)27-34-17(25)3/h5-12,14-15H,13H2,1-4H3/t15-/m0/s1. The Kier molecular flexibility index (Phi) is 5.47. The van der Waals surface area contributed by atoms with E-state index in [0.717, 1.165) is 5.56 Å². The summed E-state index contributed by atoms with van der Waals surface area (Å²) in [6.45, 7) is 5.30. The number of hydrogen-bond acceptors (Lipinski definition) is 7. The highest BCUT2D eigenvalue weighted by Gasteiger charge is 2.37. The van der Waals surface area contributed by atoms with Gasteiger partial charge in [-0.05, 0) is 63.1 Å². The predicted octanol–water partition coefficient (Wildman–Crippen LogP) is 3.65. The first kappa shape index (κ1) is 22.9. The van der Waals surface area contributed by atoms with Crippen molar-refractivity contribution in [2.75, 3.05) is 11.4 Å². The molecular formula is C25H24N4O5S. The molecule has 0 amide bonds. The molecule has 2 aromatic carbocycles. The van der Waals surface area contributed by atoms with E-state index in [0.29, 0.717) is 40.5 Å². The molecule has 0 spiro atoms. The summed E-state index contributed by atoms with van der Waals surface area (Å²) < 4.78 is 41.1. The van der Waals surface area contributed by atoms with Gasteiger partial charge in [-0.25, -0.2) is 8.42 Å². The number of aryl methyl sites for hydroxylation is 2. The molecule has 0 saturated carbocycles. The van der Waals surface area contributed by atoms with Gasteiger partial charge >= 0.3 is 0 Å². The number of ether oxygens (including phenoxy) is 1. The van der Waals surface area contributed by atoms with Gasteiger partial charge in [0.15, 0.2) is 5.76 Å². The van der Waals surface area contributed by atoms with E-state index >= 15 is 0 Å². The molecule has 0 bridgehead atoms. The van der Waals surface area contributed by atoms with Crippen LogP contribution in [0.5, 0.6) is 5.75 Å². The Labute approximate surface area is 202 Å². The van der Waals surface area contributed by atoms with E-state index < -0.39 is 10.0 Å². The Morgan fingerprint density at radius 3 is 2.57 bits per heavy atom. The molecule has 3 heterocycles. The van der Waals surface area contributed by atoms with E-state index in [-0.39, 0.29) is 22.2 Å². The molecule has 9 nitrogen and oxygen atoms in total. The highest BCUT2D eigenvalue weighted by atomic mass is 32.2. The lowest BCUT2D eigenvalue weighted by atomic mass is 10.1. The summed E-state index contributed by atoms with van der Waals surface area (Å²) in [5.41, 5.74) is 3.20. The summed E-state index contributed by atoms with van der Waals surface area (Å²) in [5, 5.41) is 8.39. The minimum absolute atomic E-state index is 0.0259. The molecule has 5 rings (SSSR count). The maximum atomic E-state index is 13.9. The smallest absolute Gasteiger partial charge is 0.271 e. The third-order valence-electron chi connectivity index (χ3n) is 6.15. The molecule has 0 fully saturated rings. The Balaban J connectivity index is 1.65. The van der Waals surface area contributed by atoms with Gasteiger partial charge in [-0.2, -0.15) is 9.78 Å². The van der Waals surface area contributed by atoms with Crippen LogP contribution in [0.1, 0.15) is 23.9 Å². The summed E-state index contributed by atoms with van der Waals surface area (Å²) >= 11 is 0. The van der Waals surface area contributed by atoms with Crippen LogP contribution in [0.15, 0.2) is 68.8 Å². The second-order valence-electron chi connectivity index (χ2n) is 8.49. The topological polar surface area (TPSA) is 108 Å². The van der Waals surface area contributed by atoms with Crippen molar-refractivity contribution in [3.63, 3.8) is 0 Å². The second kappa shape index (κ2) is 8.38. The molecule has 1 aliphatic heterocycles. The van der Waals surface area contributed by atoms with Crippen LogP contribution in [0.3, 0.4) is 0 Å². The van der Waals surface area contributed by atoms with Gasteiger partial charge in [-0.1, -0.05) is 23.4 Å². The molecular weight excluding hydrogens is 468 g/mol. The molecule has 180 valence electrons. The van der Waals surface area contributed by atoms with E-state index in [1.807, 2.05) is 31.2 Å². The van der Waals surface area contributed by atoms with Crippen molar-refractivity contribution in [2.24, 2.45) is 0 Å². The average molecular weight is 493 g/mol. The summed E-state index contributed by atoms with van der Waals surface area (Å²) in [6, 6.07) is 15.0. The van der Waals surface area contributed by atoms with Crippen molar-refractivity contribution in [1.82, 2.24) is 14.9 Å². The van der Waals surface area contributed by atoms with Crippen LogP contribution in [-0.4, -0.2) is 36.5 Å². The number of rotatable bonds is 5. The van der Waals surface area contributed by atoms with Gasteiger partial charge < -0.3 is 9.26 Å². The first-order chi connectivity index (χ1) is 16.7. The lowest BCUT2D eigenvalue weighted by Crippen LogP contribution is -2.36. The highest BCUT2D eigenvalue weighted by Crippen LogP contribution is 2.39. The van der Waals surface area contributed by atoms with Crippen LogP contribution >= 0.6 is 0 Å². The second-order valence-corrected chi connectivity index (χ2v) is 10.3. The average Bonchev–Trinajstić information content (AvgIpc) is 3.36. The Morgan fingerprint density at radius 2 is 1.86 bits per heavy atom. The summed E-state index contributed by atoms with van der Waals surface area (Å²) in [6.07, 6.45) is 0.626. The molecule has 2 aromatic heterocycles. The number of anilines is 1. The number of nitrogens with zero attached hydrogens (tertiary/aromatic N) is 4. The molecule has 0 aliphatic carbocycles. The lowest BCUT2D eigenvalue weighted by Gasteiger charge is -2.25. The number of methoxy groups -OCH3 is 1. The number of hydrogen-bond donors (Lipinski definition) is 0. The quantitative estimate of drug-likeness (QED) is 0.418. The number of sulfonamides is 1. The molecule has 0 unspecified atom stereocenters. The van der Waals surface area contributed by atoms with Crippen molar-refractivity contribution in [3.8, 4) is 22.7 Å². The zero-order valence-corrected chi connectivity index (χ0v) is 20.5. The van der Waals surface area contributed by atoms with Crippen LogP contribution in [0.4, 0.5) is 5.69 Å². The van der Waals surface area contributed by atoms with E-state index in [9.17, 15) is 13.2 Å². The van der Waals surface area contributed by atoms with Gasteiger partial charge in [-0.3, -0.25) is 9.10 Å². The molecule has 0 saturated heterocycles. The van der Waals surface area contributed by atoms with Gasteiger partial charge in [0.2, 0.25) is 0 Å². The van der Waals surface area contributed by atoms with Crippen LogP contribution in [0.25, 0.3) is 16.9 Å². The number of aromatic nitrogens is 3. The molecule has 35 heavy (non-hydrogen) atoms. The largest absolute Gasteiger partial charge is 0.495 e. The summed E-state index contributed by atoms with van der Waals surface area (Å²) in [5.74, 6) is 0.679. The van der Waals surface area contributed by atoms with E-state index in [1.54, 1.807) is 32.0 Å². The van der Waals surface area contributed by atoms with Crippen LogP contribution in [0, 0.1) is 13.8 Å². The van der Waals surface area contributed by atoms with Crippen molar-refractivity contribution in [2.45, 2.75) is 38.1 Å². The fraction of sp³-hybridized carbons (Fsp3) is 0.240. The molecule has 0 radical (unpaired) electrons. The number of benzene rings is 2. The van der Waals surface area contributed by atoms with E-state index in [4.69, 9.17) is 9.26 Å². The monoisotopic (exact) mass is 492 g/mol. The maximum Gasteiger partial charge on any atom is 0.271 e. The lowest BCUT2D eigenvalue weighted by molar-refractivity contribution is 0.392. The molecule has 1 atom stereocenters. The molecule has 1 aliphatic rings. The van der Waals surface area contributed by atoms with Gasteiger partial charge in [0, 0.05) is 17.7 Å². The minimum Gasteiger partial charge on any atom is -0.495 e. The van der Waals surface area contributed by atoms with Crippen molar-refractivity contribution in [3.05, 3.63) is 82.0 Å². The number of fused-ring (bicyclic) bond motifs is 1. The Bertz CT molecular complexity index is 1590. The third kappa shape index (κ3) is 3.70. The van der Waals surface area contributed by atoms with Crippen molar-refractivity contribution >= 4 is 15.7 Å². The SMILES string of the molecule is COc1ccc(-c2ccc(=O)n(-c3c(C)noc3C)n2)cc1S(=O)(=O)N1c2ccccc2C[C@@H]1C. The normalized spacial score (nSPS) is 15.3. The van der Waals surface area contributed by atoms with Crippen LogP contribution in [-0.2, 0) is 16.4 Å². The van der Waals surface area contributed by atoms with Crippen molar-refractivity contribution < 1.29 is 17.7 Å². The Hall–Kier alpha value is -3.92. The molecule has 4 aromatic rings. The maximum absolute atomic E-state index is 13.9. The summed E-state index contributed by atoms with van der Waals surface area (Å²) in [4.78, 5) is 12.6. The number of para-hydroxylation sites is 1. The fourth-order valence-corrected chi connectivity index (χ4v) is 6.43. The first-order valence-corrected chi connectivity index (χ1v) is 12.5. The first-order valence-electron chi connectivity index (χ1n) is 11.1. The van der Waals surface area contributed by atoms with Gasteiger partial charge in [0.25, 0.3) is 15.6 Å². The van der Waals surface area contributed by atoms with Crippen LogP contribution in [0.2, 0.25) is 0 Å². The minimum atomic E-state index is -3.96. The Morgan fingerprint density at radius 1 is 1.09 bits per heavy atom. The van der Waals surface area contributed by atoms with Gasteiger partial charge in [0.05, 0.1) is 18.5 Å². The highest BCUT2D eigenvalue weighted by molar-refractivity contribution is 7.93. The van der Waals surface area contributed by atoms with E-state index in [2.05, 4.69) is 10.3 Å². The molecule has 10 heteroatoms. The predicted molar refractivity (Wildman–Crippen MR) is 131 cm³/mol. The summed E-state index contributed by atoms with van der Waals surface area (Å²) in [7, 11) is -2.53. The third-order valence-corrected chi connectivity index (χ3v) is 8.10. The van der Waals surface area contributed by atoms with E-state index in [1.165, 1.54) is 28.2 Å². The zero-order valence-electron chi connectivity index (χ0n) is 19.7.